The van der Waals surface area contributed by atoms with E-state index < -0.39 is 77.1 Å². The zero-order valence-electron chi connectivity index (χ0n) is 30.5. The van der Waals surface area contributed by atoms with Gasteiger partial charge in [-0.15, -0.1) is 0 Å². The molecule has 0 bridgehead atoms. The molecule has 280 valence electrons. The highest BCUT2D eigenvalue weighted by Crippen LogP contribution is 2.90. The summed E-state index contributed by atoms with van der Waals surface area (Å²) in [4.78, 5) is 12.1. The van der Waals surface area contributed by atoms with Crippen LogP contribution in [0.3, 0.4) is 0 Å². The van der Waals surface area contributed by atoms with Crippen LogP contribution in [0.2, 0.25) is 0 Å². The molecule has 0 aromatic carbocycles. The molecule has 49 heavy (non-hydrogen) atoms. The van der Waals surface area contributed by atoms with Crippen molar-refractivity contribution in [1.29, 1.82) is 0 Å². The number of hydrogen-bond acceptors (Lipinski definition) is 12. The minimum absolute atomic E-state index is 0.0405. The van der Waals surface area contributed by atoms with Gasteiger partial charge in [-0.1, -0.05) is 34.6 Å². The summed E-state index contributed by atoms with van der Waals surface area (Å²) in [5, 5.41) is 67.0. The molecule has 18 atom stereocenters. The molecule has 0 aromatic heterocycles. The van der Waals surface area contributed by atoms with Crippen molar-refractivity contribution in [3.05, 3.63) is 0 Å². The Morgan fingerprint density at radius 1 is 0.959 bits per heavy atom. The summed E-state index contributed by atoms with van der Waals surface area (Å²) < 4.78 is 24.2. The van der Waals surface area contributed by atoms with Crippen molar-refractivity contribution in [3.8, 4) is 0 Å². The number of esters is 1. The number of nitrogens with two attached hydrogens (primary N) is 1. The Balaban J connectivity index is 1.19. The Morgan fingerprint density at radius 2 is 1.59 bits per heavy atom. The number of carbonyl (C=O) groups excluding carboxylic acids is 1. The maximum Gasteiger partial charge on any atom is 0.303 e. The number of carbonyl (C=O) groups is 1. The lowest BCUT2D eigenvalue weighted by Crippen LogP contribution is -2.70. The van der Waals surface area contributed by atoms with Gasteiger partial charge in [-0.2, -0.15) is 0 Å². The zero-order chi connectivity index (χ0) is 36.1. The summed E-state index contributed by atoms with van der Waals surface area (Å²) >= 11 is 0. The van der Waals surface area contributed by atoms with Gasteiger partial charge in [-0.25, -0.2) is 0 Å². The van der Waals surface area contributed by atoms with Crippen LogP contribution in [0.4, 0.5) is 0 Å². The fourth-order valence-corrected chi connectivity index (χ4v) is 14.2. The summed E-state index contributed by atoms with van der Waals surface area (Å²) in [5.41, 5.74) is 3.97. The van der Waals surface area contributed by atoms with E-state index in [1.807, 2.05) is 6.92 Å². The third-order valence-corrected chi connectivity index (χ3v) is 16.1. The second-order valence-electron chi connectivity index (χ2n) is 18.8. The minimum atomic E-state index is -1.99. The van der Waals surface area contributed by atoms with Gasteiger partial charge in [0.15, 0.2) is 18.2 Å². The minimum Gasteiger partial charge on any atom is -0.457 e. The molecular formula is C37H61NO11. The number of rotatable bonds is 5. The average Bonchev–Trinajstić information content (AvgIpc) is 3.49. The third-order valence-electron chi connectivity index (χ3n) is 16.1. The molecular weight excluding hydrogens is 634 g/mol. The SMILES string of the molecule is CC(=O)O[C@@H]([C@H]1C[C@@H](C)C2[C@@](O)(O1)[C@H](O)[C@@]1(N)[C@@H]3CC[C@H]4C(C)(C)[C@@H](O[C@@H]5OC[C@@H](O)[C@H](O)[C@H]5O)CC[C@@]45[C@@H](C)[C@@]35CC[C@]21C)C(C)(C)O. The van der Waals surface area contributed by atoms with Crippen molar-refractivity contribution in [2.45, 2.75) is 166 Å². The molecule has 2 saturated heterocycles. The topological polar surface area (TPSA) is 201 Å². The van der Waals surface area contributed by atoms with Gasteiger partial charge < -0.3 is 55.3 Å². The van der Waals surface area contributed by atoms with Crippen molar-refractivity contribution >= 4 is 5.97 Å². The summed E-state index contributed by atoms with van der Waals surface area (Å²) in [6.07, 6.45) is -3.07. The van der Waals surface area contributed by atoms with E-state index >= 15 is 0 Å². The highest BCUT2D eigenvalue weighted by molar-refractivity contribution is 5.66. The Morgan fingerprint density at radius 3 is 2.22 bits per heavy atom. The van der Waals surface area contributed by atoms with Gasteiger partial charge in [-0.05, 0) is 104 Å². The van der Waals surface area contributed by atoms with Crippen molar-refractivity contribution < 1.29 is 54.4 Å². The normalized spacial score (nSPS) is 56.7. The molecule has 5 saturated carbocycles. The number of aliphatic hydroxyl groups is 6. The maximum absolute atomic E-state index is 12.6. The predicted molar refractivity (Wildman–Crippen MR) is 175 cm³/mol. The average molecular weight is 696 g/mol. The van der Waals surface area contributed by atoms with E-state index in [0.29, 0.717) is 12.3 Å². The number of aliphatic hydroxyl groups excluding tert-OH is 4. The summed E-state index contributed by atoms with van der Waals surface area (Å²) in [7, 11) is 0. The van der Waals surface area contributed by atoms with Crippen molar-refractivity contribution in [2.75, 3.05) is 6.61 Å². The van der Waals surface area contributed by atoms with Crippen molar-refractivity contribution in [2.24, 2.45) is 57.0 Å². The molecule has 8 N–H and O–H groups in total. The molecule has 0 amide bonds. The fourth-order valence-electron chi connectivity index (χ4n) is 14.2. The van der Waals surface area contributed by atoms with Crippen LogP contribution < -0.4 is 5.73 Å². The Labute approximate surface area is 290 Å². The molecule has 12 nitrogen and oxygen atoms in total. The van der Waals surface area contributed by atoms with Crippen molar-refractivity contribution in [3.63, 3.8) is 0 Å². The summed E-state index contributed by atoms with van der Waals surface area (Å²) in [6, 6.07) is 0. The van der Waals surface area contributed by atoms with E-state index in [2.05, 4.69) is 27.7 Å². The van der Waals surface area contributed by atoms with Gasteiger partial charge >= 0.3 is 5.97 Å². The molecule has 7 aliphatic rings. The van der Waals surface area contributed by atoms with Crippen LogP contribution in [-0.4, -0.2) is 109 Å². The van der Waals surface area contributed by atoms with Gasteiger partial charge in [-0.3, -0.25) is 4.79 Å². The molecule has 2 spiro atoms. The van der Waals surface area contributed by atoms with Gasteiger partial charge in [0.25, 0.3) is 0 Å². The lowest BCUT2D eigenvalue weighted by molar-refractivity contribution is -0.341. The maximum atomic E-state index is 12.6. The third kappa shape index (κ3) is 4.42. The van der Waals surface area contributed by atoms with Crippen LogP contribution in [0.1, 0.15) is 100 Å². The van der Waals surface area contributed by atoms with Gasteiger partial charge in [0.05, 0.1) is 23.9 Å². The smallest absolute Gasteiger partial charge is 0.303 e. The van der Waals surface area contributed by atoms with E-state index in [-0.39, 0.29) is 46.7 Å². The number of hydrogen-bond donors (Lipinski definition) is 7. The molecule has 7 rings (SSSR count). The fraction of sp³-hybridized carbons (Fsp3) is 0.973. The van der Waals surface area contributed by atoms with E-state index in [1.165, 1.54) is 6.92 Å². The lowest BCUT2D eigenvalue weighted by atomic mass is 9.43. The Hall–Kier alpha value is -0.930. The van der Waals surface area contributed by atoms with E-state index in [4.69, 9.17) is 24.7 Å². The highest BCUT2D eigenvalue weighted by Gasteiger charge is 2.90. The van der Waals surface area contributed by atoms with Crippen LogP contribution in [0.5, 0.6) is 0 Å². The summed E-state index contributed by atoms with van der Waals surface area (Å²) in [5.74, 6) is -2.64. The van der Waals surface area contributed by atoms with Gasteiger partial charge in [0.2, 0.25) is 0 Å². The second-order valence-corrected chi connectivity index (χ2v) is 18.8. The summed E-state index contributed by atoms with van der Waals surface area (Å²) in [6.45, 7) is 15.3. The first-order chi connectivity index (χ1) is 22.6. The van der Waals surface area contributed by atoms with Gasteiger partial charge in [0.1, 0.15) is 30.5 Å². The molecule has 1 unspecified atom stereocenters. The van der Waals surface area contributed by atoms with E-state index in [1.54, 1.807) is 13.8 Å². The first-order valence-electron chi connectivity index (χ1n) is 18.6. The van der Waals surface area contributed by atoms with E-state index in [9.17, 15) is 35.4 Å². The lowest BCUT2D eigenvalue weighted by Gasteiger charge is -2.63. The molecule has 5 aliphatic carbocycles. The molecule has 2 aliphatic heterocycles. The number of ether oxygens (including phenoxy) is 4. The van der Waals surface area contributed by atoms with E-state index in [0.717, 1.165) is 38.5 Å². The number of fused-ring (bicyclic) bond motifs is 4. The van der Waals surface area contributed by atoms with Crippen LogP contribution in [0, 0.1) is 51.2 Å². The zero-order valence-corrected chi connectivity index (χ0v) is 30.5. The molecule has 0 radical (unpaired) electrons. The highest BCUT2D eigenvalue weighted by atomic mass is 16.7. The Bertz CT molecular complexity index is 1340. The predicted octanol–water partition coefficient (Wildman–Crippen LogP) is 1.58. The monoisotopic (exact) mass is 695 g/mol. The standard InChI is InChI=1S/C37H61NO11/c1-17-15-21(28(32(6,7)44)47-19(3)39)49-37(45)27(17)33(8)13-14-35-18(2)34(35)12-11-24(48-29-26(42)25(41)20(40)16-46-29)31(4,5)22(34)9-10-23(35)36(33,38)30(37)43/h17-18,20-30,40-45H,9-16,38H2,1-8H3/t17-,18-,20-,21-,22+,23-,24+,25+,26-,27?,28+,29+,30-,33-,34-,35+,36+,37-/m1/s1. The Kier molecular flexibility index (Phi) is 8.22. The quantitative estimate of drug-likeness (QED) is 0.162. The molecule has 2 heterocycles. The molecule has 12 heteroatoms. The van der Waals surface area contributed by atoms with Crippen LogP contribution >= 0.6 is 0 Å². The molecule has 0 aromatic rings. The molecule has 7 fully saturated rings. The van der Waals surface area contributed by atoms with Gasteiger partial charge in [0, 0.05) is 12.8 Å². The van der Waals surface area contributed by atoms with Crippen LogP contribution in [0.15, 0.2) is 0 Å². The second kappa shape index (κ2) is 11.1. The largest absolute Gasteiger partial charge is 0.457 e. The first kappa shape index (κ1) is 36.4. The first-order valence-corrected chi connectivity index (χ1v) is 18.6. The van der Waals surface area contributed by atoms with Crippen LogP contribution in [-0.2, 0) is 23.7 Å². The van der Waals surface area contributed by atoms with Crippen molar-refractivity contribution in [1.82, 2.24) is 0 Å². The van der Waals surface area contributed by atoms with Crippen LogP contribution in [0.25, 0.3) is 0 Å².